The van der Waals surface area contributed by atoms with Gasteiger partial charge in [0.2, 0.25) is 0 Å². The van der Waals surface area contributed by atoms with Crippen molar-refractivity contribution in [1.29, 1.82) is 0 Å². The Morgan fingerprint density at radius 2 is 2.05 bits per heavy atom. The smallest absolute Gasteiger partial charge is 0.330 e. The fourth-order valence-electron chi connectivity index (χ4n) is 1.50. The van der Waals surface area contributed by atoms with Crippen molar-refractivity contribution in [2.24, 2.45) is 5.92 Å². The van der Waals surface area contributed by atoms with Gasteiger partial charge in [-0.05, 0) is 43.0 Å². The molecule has 0 aromatic heterocycles. The maximum Gasteiger partial charge on any atom is 0.330 e. The second-order valence-corrected chi connectivity index (χ2v) is 4.58. The second-order valence-electron chi connectivity index (χ2n) is 4.58. The first kappa shape index (κ1) is 16.2. The molecule has 0 radical (unpaired) electrons. The third-order valence-electron chi connectivity index (χ3n) is 2.77. The minimum Gasteiger partial charge on any atom is -0.494 e. The van der Waals surface area contributed by atoms with Gasteiger partial charge in [-0.3, -0.25) is 0 Å². The highest BCUT2D eigenvalue weighted by atomic mass is 16.5. The lowest BCUT2D eigenvalue weighted by atomic mass is 10.1. The third kappa shape index (κ3) is 6.38. The zero-order valence-corrected chi connectivity index (χ0v) is 12.0. The van der Waals surface area contributed by atoms with Crippen LogP contribution in [0.3, 0.4) is 0 Å². The van der Waals surface area contributed by atoms with Gasteiger partial charge in [0.25, 0.3) is 0 Å². The highest BCUT2D eigenvalue weighted by Gasteiger charge is 2.00. The summed E-state index contributed by atoms with van der Waals surface area (Å²) < 4.78 is 10.4. The van der Waals surface area contributed by atoms with Crippen LogP contribution >= 0.6 is 0 Å². The van der Waals surface area contributed by atoms with Gasteiger partial charge < -0.3 is 14.6 Å². The highest BCUT2D eigenvalue weighted by Crippen LogP contribution is 2.14. The molecule has 0 unspecified atom stereocenters. The minimum absolute atomic E-state index is 0.182. The molecule has 1 N–H and O–H groups in total. The van der Waals surface area contributed by atoms with E-state index in [0.717, 1.165) is 17.7 Å². The molecule has 0 amide bonds. The average Bonchev–Trinajstić information content (AvgIpc) is 2.46. The van der Waals surface area contributed by atoms with Crippen LogP contribution in [0.4, 0.5) is 0 Å². The van der Waals surface area contributed by atoms with Crippen molar-refractivity contribution in [2.75, 3.05) is 19.8 Å². The van der Waals surface area contributed by atoms with Crippen molar-refractivity contribution in [1.82, 2.24) is 0 Å². The second kappa shape index (κ2) is 9.15. The van der Waals surface area contributed by atoms with E-state index in [-0.39, 0.29) is 18.5 Å². The van der Waals surface area contributed by atoms with Crippen LogP contribution in [-0.4, -0.2) is 30.9 Å². The highest BCUT2D eigenvalue weighted by molar-refractivity contribution is 5.87. The molecule has 4 nitrogen and oxygen atoms in total. The molecule has 0 aliphatic carbocycles. The fourth-order valence-corrected chi connectivity index (χ4v) is 1.50. The number of carbonyl (C=O) groups is 1. The predicted octanol–water partition coefficient (Wildman–Crippen LogP) is 2.66. The lowest BCUT2D eigenvalue weighted by Crippen LogP contribution is -2.07. The number of benzene rings is 1. The maximum atomic E-state index is 11.2. The number of hydrogen-bond donors (Lipinski definition) is 1. The Hall–Kier alpha value is -1.81. The lowest BCUT2D eigenvalue weighted by molar-refractivity contribution is -0.137. The lowest BCUT2D eigenvalue weighted by Gasteiger charge is -2.09. The van der Waals surface area contributed by atoms with Gasteiger partial charge in [0.15, 0.2) is 0 Å². The molecule has 0 aliphatic rings. The number of aliphatic hydroxyl groups excluding tert-OH is 1. The SMILES string of the molecule is CCOC(=O)/C=C/c1ccc(OCC[C@H](C)CO)cc1. The molecule has 0 bridgehead atoms. The number of carbonyl (C=O) groups excluding carboxylic acids is 1. The standard InChI is InChI=1S/C16H22O4/c1-3-19-16(18)9-6-14-4-7-15(8-5-14)20-11-10-13(2)12-17/h4-9,13,17H,3,10-12H2,1-2H3/b9-6+/t13-/m0/s1. The van der Waals surface area contributed by atoms with Crippen molar-refractivity contribution in [2.45, 2.75) is 20.3 Å². The van der Waals surface area contributed by atoms with E-state index >= 15 is 0 Å². The minimum atomic E-state index is -0.342. The molecule has 4 heteroatoms. The molecule has 1 aromatic rings. The molecule has 20 heavy (non-hydrogen) atoms. The Labute approximate surface area is 120 Å². The zero-order chi connectivity index (χ0) is 14.8. The molecule has 110 valence electrons. The van der Waals surface area contributed by atoms with Crippen LogP contribution in [0.2, 0.25) is 0 Å². The van der Waals surface area contributed by atoms with Crippen molar-refractivity contribution >= 4 is 12.0 Å². The molecule has 0 aliphatic heterocycles. The Morgan fingerprint density at radius 1 is 1.35 bits per heavy atom. The van der Waals surface area contributed by atoms with Gasteiger partial charge in [-0.25, -0.2) is 4.79 Å². The van der Waals surface area contributed by atoms with E-state index < -0.39 is 0 Å². The molecule has 1 rings (SSSR count). The number of ether oxygens (including phenoxy) is 2. The molecular formula is C16H22O4. The molecule has 0 saturated carbocycles. The van der Waals surface area contributed by atoms with E-state index in [1.807, 2.05) is 31.2 Å². The molecule has 1 atom stereocenters. The van der Waals surface area contributed by atoms with E-state index in [2.05, 4.69) is 0 Å². The fraction of sp³-hybridized carbons (Fsp3) is 0.438. The number of aliphatic hydroxyl groups is 1. The Bertz CT molecular complexity index is 423. The first-order valence-corrected chi connectivity index (χ1v) is 6.84. The summed E-state index contributed by atoms with van der Waals surface area (Å²) in [4.78, 5) is 11.2. The van der Waals surface area contributed by atoms with E-state index in [1.165, 1.54) is 6.08 Å². The number of rotatable bonds is 8. The van der Waals surface area contributed by atoms with Crippen molar-refractivity contribution in [3.8, 4) is 5.75 Å². The van der Waals surface area contributed by atoms with Gasteiger partial charge >= 0.3 is 5.97 Å². The number of hydrogen-bond acceptors (Lipinski definition) is 4. The summed E-state index contributed by atoms with van der Waals surface area (Å²) >= 11 is 0. The summed E-state index contributed by atoms with van der Waals surface area (Å²) in [6.07, 6.45) is 3.93. The van der Waals surface area contributed by atoms with Gasteiger partial charge in [0, 0.05) is 12.7 Å². The van der Waals surface area contributed by atoms with Crippen LogP contribution in [0.25, 0.3) is 6.08 Å². The predicted molar refractivity (Wildman–Crippen MR) is 78.5 cm³/mol. The van der Waals surface area contributed by atoms with Crippen molar-refractivity contribution < 1.29 is 19.4 Å². The largest absolute Gasteiger partial charge is 0.494 e. The first-order chi connectivity index (χ1) is 9.65. The summed E-state index contributed by atoms with van der Waals surface area (Å²) in [7, 11) is 0. The number of esters is 1. The quantitative estimate of drug-likeness (QED) is 0.586. The van der Waals surface area contributed by atoms with Crippen LogP contribution in [-0.2, 0) is 9.53 Å². The van der Waals surface area contributed by atoms with Crippen LogP contribution in [0.15, 0.2) is 30.3 Å². The molecule has 0 saturated heterocycles. The van der Waals surface area contributed by atoms with Crippen LogP contribution < -0.4 is 4.74 Å². The summed E-state index contributed by atoms with van der Waals surface area (Å²) in [6, 6.07) is 7.46. The third-order valence-corrected chi connectivity index (χ3v) is 2.77. The van der Waals surface area contributed by atoms with Gasteiger partial charge in [0.1, 0.15) is 5.75 Å². The molecule has 0 heterocycles. The molecule has 0 spiro atoms. The molecule has 1 aromatic carbocycles. The van der Waals surface area contributed by atoms with Gasteiger partial charge in [0.05, 0.1) is 13.2 Å². The molecule has 0 fully saturated rings. The van der Waals surface area contributed by atoms with Gasteiger partial charge in [-0.2, -0.15) is 0 Å². The zero-order valence-electron chi connectivity index (χ0n) is 12.0. The summed E-state index contributed by atoms with van der Waals surface area (Å²) in [5, 5.41) is 8.91. The van der Waals surface area contributed by atoms with Gasteiger partial charge in [-0.15, -0.1) is 0 Å². The normalized spacial score (nSPS) is 12.3. The van der Waals surface area contributed by atoms with E-state index in [9.17, 15) is 4.79 Å². The van der Waals surface area contributed by atoms with E-state index in [0.29, 0.717) is 13.2 Å². The Morgan fingerprint density at radius 3 is 2.65 bits per heavy atom. The summed E-state index contributed by atoms with van der Waals surface area (Å²) in [5.74, 6) is 0.691. The Balaban J connectivity index is 2.42. The monoisotopic (exact) mass is 278 g/mol. The van der Waals surface area contributed by atoms with Crippen LogP contribution in [0.5, 0.6) is 5.75 Å². The first-order valence-electron chi connectivity index (χ1n) is 6.84. The van der Waals surface area contributed by atoms with E-state index in [1.54, 1.807) is 13.0 Å². The average molecular weight is 278 g/mol. The van der Waals surface area contributed by atoms with E-state index in [4.69, 9.17) is 14.6 Å². The maximum absolute atomic E-state index is 11.2. The summed E-state index contributed by atoms with van der Waals surface area (Å²) in [5.41, 5.74) is 0.911. The van der Waals surface area contributed by atoms with Crippen molar-refractivity contribution in [3.05, 3.63) is 35.9 Å². The topological polar surface area (TPSA) is 55.8 Å². The summed E-state index contributed by atoms with van der Waals surface area (Å²) in [6.45, 7) is 4.89. The van der Waals surface area contributed by atoms with Gasteiger partial charge in [-0.1, -0.05) is 19.1 Å². The van der Waals surface area contributed by atoms with Crippen LogP contribution in [0.1, 0.15) is 25.8 Å². The molecular weight excluding hydrogens is 256 g/mol. The Kier molecular flexibility index (Phi) is 7.43. The van der Waals surface area contributed by atoms with Crippen molar-refractivity contribution in [3.63, 3.8) is 0 Å². The van der Waals surface area contributed by atoms with Crippen LogP contribution in [0, 0.1) is 5.92 Å².